The second kappa shape index (κ2) is 4.83. The molecule has 0 heterocycles. The fraction of sp³-hybridized carbons (Fsp3) is 0.944. The van der Waals surface area contributed by atoms with Crippen molar-refractivity contribution < 1.29 is 9.53 Å². The lowest BCUT2D eigenvalue weighted by molar-refractivity contribution is -0.138. The van der Waals surface area contributed by atoms with Gasteiger partial charge in [-0.05, 0) is 76.0 Å². The number of hydrogen-bond donors (Lipinski definition) is 0. The molecule has 3 aliphatic rings. The zero-order valence-electron chi connectivity index (χ0n) is 13.6. The summed E-state index contributed by atoms with van der Waals surface area (Å²) in [7, 11) is 0. The number of hydrogen-bond acceptors (Lipinski definition) is 2. The van der Waals surface area contributed by atoms with E-state index in [1.807, 2.05) is 0 Å². The summed E-state index contributed by atoms with van der Waals surface area (Å²) < 4.78 is 6.41. The van der Waals surface area contributed by atoms with E-state index in [2.05, 4.69) is 27.7 Å². The Kier molecular flexibility index (Phi) is 3.52. The summed E-state index contributed by atoms with van der Waals surface area (Å²) in [6, 6.07) is 0. The number of rotatable bonds is 1. The highest BCUT2D eigenvalue weighted by atomic mass is 16.5. The normalized spacial score (nSPS) is 45.1. The zero-order chi connectivity index (χ0) is 14.5. The Balaban J connectivity index is 1.77. The smallest absolute Gasteiger partial charge is 0.133 e. The number of ketones is 1. The maximum absolute atomic E-state index is 11.7. The van der Waals surface area contributed by atoms with Gasteiger partial charge in [0.25, 0.3) is 0 Å². The molecule has 5 atom stereocenters. The first-order valence-corrected chi connectivity index (χ1v) is 8.49. The van der Waals surface area contributed by atoms with E-state index in [-0.39, 0.29) is 5.60 Å². The fourth-order valence-corrected chi connectivity index (χ4v) is 5.35. The first-order chi connectivity index (χ1) is 9.29. The van der Waals surface area contributed by atoms with Gasteiger partial charge < -0.3 is 4.74 Å². The maximum Gasteiger partial charge on any atom is 0.133 e. The van der Waals surface area contributed by atoms with Crippen molar-refractivity contribution in [2.45, 2.75) is 84.3 Å². The van der Waals surface area contributed by atoms with Gasteiger partial charge in [0, 0.05) is 12.8 Å². The Morgan fingerprint density at radius 2 is 1.90 bits per heavy atom. The molecule has 2 nitrogen and oxygen atoms in total. The molecule has 0 saturated heterocycles. The van der Waals surface area contributed by atoms with Gasteiger partial charge >= 0.3 is 0 Å². The van der Waals surface area contributed by atoms with Crippen LogP contribution in [-0.2, 0) is 9.53 Å². The quantitative estimate of drug-likeness (QED) is 0.712. The van der Waals surface area contributed by atoms with E-state index < -0.39 is 0 Å². The Hall–Kier alpha value is -0.370. The lowest BCUT2D eigenvalue weighted by Crippen LogP contribution is -2.47. The van der Waals surface area contributed by atoms with Crippen molar-refractivity contribution in [2.24, 2.45) is 23.2 Å². The molecular formula is C18H30O2. The molecule has 0 aromatic carbocycles. The molecule has 0 spiro atoms. The van der Waals surface area contributed by atoms with Gasteiger partial charge in [-0.25, -0.2) is 0 Å². The van der Waals surface area contributed by atoms with Crippen molar-refractivity contribution in [1.82, 2.24) is 0 Å². The third-order valence-electron chi connectivity index (χ3n) is 6.24. The summed E-state index contributed by atoms with van der Waals surface area (Å²) in [5.74, 6) is 2.78. The van der Waals surface area contributed by atoms with E-state index in [0.717, 1.165) is 31.1 Å². The van der Waals surface area contributed by atoms with Crippen LogP contribution < -0.4 is 0 Å². The molecule has 0 amide bonds. The van der Waals surface area contributed by atoms with Crippen LogP contribution in [0.15, 0.2) is 0 Å². The number of carbonyl (C=O) groups excluding carboxylic acids is 1. The van der Waals surface area contributed by atoms with E-state index in [0.29, 0.717) is 23.2 Å². The van der Waals surface area contributed by atoms with Crippen molar-refractivity contribution in [2.75, 3.05) is 0 Å². The van der Waals surface area contributed by atoms with E-state index in [9.17, 15) is 4.79 Å². The minimum atomic E-state index is -0.0397. The first kappa shape index (κ1) is 14.6. The van der Waals surface area contributed by atoms with Crippen molar-refractivity contribution in [3.05, 3.63) is 0 Å². The highest BCUT2D eigenvalue weighted by Gasteiger charge is 2.55. The number of Topliss-reactive ketones (excluding diaryl/α,β-unsaturated/α-hetero) is 1. The van der Waals surface area contributed by atoms with Crippen molar-refractivity contribution in [1.29, 1.82) is 0 Å². The molecule has 0 radical (unpaired) electrons. The Morgan fingerprint density at radius 1 is 1.15 bits per heavy atom. The molecular weight excluding hydrogens is 248 g/mol. The summed E-state index contributed by atoms with van der Waals surface area (Å²) in [6.07, 6.45) is 8.29. The topological polar surface area (TPSA) is 26.3 Å². The van der Waals surface area contributed by atoms with Crippen molar-refractivity contribution >= 4 is 5.78 Å². The lowest BCUT2D eigenvalue weighted by atomic mass is 9.56. The van der Waals surface area contributed by atoms with Crippen LogP contribution >= 0.6 is 0 Å². The monoisotopic (exact) mass is 278 g/mol. The van der Waals surface area contributed by atoms with Crippen LogP contribution in [0.5, 0.6) is 0 Å². The molecule has 3 saturated carbocycles. The molecule has 3 rings (SSSR count). The number of carbonyl (C=O) groups is 1. The van der Waals surface area contributed by atoms with Crippen LogP contribution in [0, 0.1) is 23.2 Å². The van der Waals surface area contributed by atoms with Crippen LogP contribution in [0.25, 0.3) is 0 Å². The summed E-state index contributed by atoms with van der Waals surface area (Å²) in [5, 5.41) is 0. The predicted octanol–water partition coefficient (Wildman–Crippen LogP) is 4.37. The standard InChI is InChI=1S/C18H30O2/c1-17(2,3)20-16-8-7-15-14-6-5-13(19)11-12(14)9-10-18(15,16)4/h12,14-16H,5-11H2,1-4H3/t12?,14?,15?,16-,18?/m0/s1. The number of fused-ring (bicyclic) bond motifs is 3. The Morgan fingerprint density at radius 3 is 2.60 bits per heavy atom. The average Bonchev–Trinajstić information content (AvgIpc) is 2.65. The van der Waals surface area contributed by atoms with Gasteiger partial charge in [0.05, 0.1) is 11.7 Å². The highest BCUT2D eigenvalue weighted by Crippen LogP contribution is 2.60. The van der Waals surface area contributed by atoms with Crippen LogP contribution in [0.3, 0.4) is 0 Å². The third-order valence-corrected chi connectivity index (χ3v) is 6.24. The van der Waals surface area contributed by atoms with Crippen molar-refractivity contribution in [3.8, 4) is 0 Å². The molecule has 0 bridgehead atoms. The molecule has 0 aliphatic heterocycles. The molecule has 3 aliphatic carbocycles. The lowest BCUT2D eigenvalue weighted by Gasteiger charge is -2.50. The minimum Gasteiger partial charge on any atom is -0.372 e. The molecule has 0 N–H and O–H groups in total. The summed E-state index contributed by atoms with van der Waals surface area (Å²) in [5.41, 5.74) is 0.316. The molecule has 2 heteroatoms. The Labute approximate surface area is 123 Å². The molecule has 114 valence electrons. The number of ether oxygens (including phenoxy) is 1. The summed E-state index contributed by atoms with van der Waals surface area (Å²) in [4.78, 5) is 11.7. The van der Waals surface area contributed by atoms with E-state index >= 15 is 0 Å². The van der Waals surface area contributed by atoms with E-state index in [1.165, 1.54) is 25.7 Å². The maximum atomic E-state index is 11.7. The van der Waals surface area contributed by atoms with Crippen LogP contribution in [0.2, 0.25) is 0 Å². The second-order valence-electron chi connectivity index (χ2n) is 8.65. The highest BCUT2D eigenvalue weighted by molar-refractivity contribution is 5.79. The predicted molar refractivity (Wildman–Crippen MR) is 80.5 cm³/mol. The third kappa shape index (κ3) is 2.45. The SMILES string of the molecule is CC(C)(C)O[C@H]1CCC2C3CCC(=O)CC3CCC21C. The van der Waals surface area contributed by atoms with Gasteiger partial charge in [-0.3, -0.25) is 4.79 Å². The molecule has 0 aromatic heterocycles. The van der Waals surface area contributed by atoms with Crippen molar-refractivity contribution in [3.63, 3.8) is 0 Å². The van der Waals surface area contributed by atoms with E-state index in [1.54, 1.807) is 0 Å². The van der Waals surface area contributed by atoms with E-state index in [4.69, 9.17) is 4.74 Å². The Bertz CT molecular complexity index is 395. The van der Waals surface area contributed by atoms with Gasteiger partial charge in [-0.2, -0.15) is 0 Å². The second-order valence-corrected chi connectivity index (χ2v) is 8.65. The van der Waals surface area contributed by atoms with Crippen LogP contribution in [0.1, 0.15) is 72.6 Å². The zero-order valence-corrected chi connectivity index (χ0v) is 13.6. The van der Waals surface area contributed by atoms with Crippen LogP contribution in [0.4, 0.5) is 0 Å². The fourth-order valence-electron chi connectivity index (χ4n) is 5.35. The van der Waals surface area contributed by atoms with Gasteiger partial charge in [-0.15, -0.1) is 0 Å². The van der Waals surface area contributed by atoms with Gasteiger partial charge in [0.2, 0.25) is 0 Å². The average molecular weight is 278 g/mol. The minimum absolute atomic E-state index is 0.0397. The van der Waals surface area contributed by atoms with Gasteiger partial charge in [-0.1, -0.05) is 6.92 Å². The summed E-state index contributed by atoms with van der Waals surface area (Å²) >= 11 is 0. The molecule has 20 heavy (non-hydrogen) atoms. The van der Waals surface area contributed by atoms with Crippen LogP contribution in [-0.4, -0.2) is 17.5 Å². The van der Waals surface area contributed by atoms with Gasteiger partial charge in [0.15, 0.2) is 0 Å². The molecule has 4 unspecified atom stereocenters. The molecule has 0 aromatic rings. The van der Waals surface area contributed by atoms with Gasteiger partial charge in [0.1, 0.15) is 5.78 Å². The summed E-state index contributed by atoms with van der Waals surface area (Å²) in [6.45, 7) is 8.99. The molecule has 3 fully saturated rings. The largest absolute Gasteiger partial charge is 0.372 e. The first-order valence-electron chi connectivity index (χ1n) is 8.49.